The van der Waals surface area contributed by atoms with Gasteiger partial charge in [-0.05, 0) is 43.9 Å². The molecular weight excluding hydrogens is 269 g/mol. The van der Waals surface area contributed by atoms with E-state index < -0.39 is 12.0 Å². The zero-order valence-corrected chi connectivity index (χ0v) is 15.0. The van der Waals surface area contributed by atoms with E-state index in [1.54, 1.807) is 18.7 Å². The molecule has 0 N–H and O–H groups in total. The summed E-state index contributed by atoms with van der Waals surface area (Å²) >= 11 is 1.67. The molecule has 0 amide bonds. The van der Waals surface area contributed by atoms with Crippen molar-refractivity contribution >= 4 is 23.4 Å². The molecule has 0 radical (unpaired) electrons. The Morgan fingerprint density at radius 3 is 2.37 bits per heavy atom. The van der Waals surface area contributed by atoms with Crippen LogP contribution in [0.15, 0.2) is 29.2 Å². The molecule has 1 rings (SSSR count). The molecule has 0 fully saturated rings. The van der Waals surface area contributed by atoms with Crippen LogP contribution in [0, 0.1) is 0 Å². The van der Waals surface area contributed by atoms with Gasteiger partial charge in [-0.2, -0.15) is 0 Å². The molecule has 5 heteroatoms. The van der Waals surface area contributed by atoms with Gasteiger partial charge in [0.15, 0.2) is 0 Å². The smallest absolute Gasteiger partial charge is 0.548 e. The van der Waals surface area contributed by atoms with Crippen LogP contribution < -0.4 is 39.6 Å². The fourth-order valence-electron chi connectivity index (χ4n) is 1.78. The number of carbonyl (C=O) groups excluding carboxylic acids is 1. The van der Waals surface area contributed by atoms with Crippen molar-refractivity contribution < 1.29 is 39.5 Å². The third-order valence-corrected chi connectivity index (χ3v) is 3.71. The maximum absolute atomic E-state index is 11.0. The Morgan fingerprint density at radius 1 is 1.37 bits per heavy atom. The van der Waals surface area contributed by atoms with E-state index in [-0.39, 0.29) is 29.6 Å². The van der Waals surface area contributed by atoms with Crippen molar-refractivity contribution in [1.29, 1.82) is 0 Å². The number of carboxylic acid groups (broad SMARTS) is 1. The van der Waals surface area contributed by atoms with Gasteiger partial charge in [-0.1, -0.05) is 13.3 Å². The SMILES string of the molecule is CCCCN(c1ccc(SC)cc1)[C@@H](C)C(=O)[O-].[Na+]. The van der Waals surface area contributed by atoms with Gasteiger partial charge >= 0.3 is 29.6 Å². The van der Waals surface area contributed by atoms with Crippen molar-refractivity contribution in [2.75, 3.05) is 17.7 Å². The molecule has 0 saturated carbocycles. The number of carboxylic acids is 1. The van der Waals surface area contributed by atoms with Crippen LogP contribution in [0.2, 0.25) is 0 Å². The molecule has 19 heavy (non-hydrogen) atoms. The summed E-state index contributed by atoms with van der Waals surface area (Å²) in [4.78, 5) is 14.1. The number of anilines is 1. The van der Waals surface area contributed by atoms with Crippen LogP contribution in [0.5, 0.6) is 0 Å². The number of carbonyl (C=O) groups is 1. The molecule has 0 bridgehead atoms. The largest absolute Gasteiger partial charge is 1.00 e. The first kappa shape index (κ1) is 18.8. The second-order valence-corrected chi connectivity index (χ2v) is 5.12. The van der Waals surface area contributed by atoms with Gasteiger partial charge in [-0.3, -0.25) is 0 Å². The Bertz CT molecular complexity index is 384. The first-order valence-corrected chi connectivity index (χ1v) is 7.44. The van der Waals surface area contributed by atoms with Crippen LogP contribution in [0.4, 0.5) is 5.69 Å². The second kappa shape index (κ2) is 9.70. The van der Waals surface area contributed by atoms with E-state index in [9.17, 15) is 9.90 Å². The Balaban J connectivity index is 0.00000324. The average Bonchev–Trinajstić information content (AvgIpc) is 2.39. The number of thioether (sulfide) groups is 1. The van der Waals surface area contributed by atoms with Gasteiger partial charge in [-0.25, -0.2) is 0 Å². The van der Waals surface area contributed by atoms with Gasteiger partial charge in [0.2, 0.25) is 0 Å². The van der Waals surface area contributed by atoms with Crippen LogP contribution in [-0.2, 0) is 4.79 Å². The van der Waals surface area contributed by atoms with E-state index in [1.165, 1.54) is 4.90 Å². The molecular formula is C14H20NNaO2S. The Kier molecular flexibility index (Phi) is 9.62. The summed E-state index contributed by atoms with van der Waals surface area (Å²) in [6, 6.07) is 7.38. The summed E-state index contributed by atoms with van der Waals surface area (Å²) in [7, 11) is 0. The molecule has 0 unspecified atom stereocenters. The van der Waals surface area contributed by atoms with Crippen molar-refractivity contribution in [2.45, 2.75) is 37.6 Å². The molecule has 1 aromatic carbocycles. The fourth-order valence-corrected chi connectivity index (χ4v) is 2.18. The molecule has 0 aromatic heterocycles. The molecule has 1 atom stereocenters. The average molecular weight is 289 g/mol. The summed E-state index contributed by atoms with van der Waals surface area (Å²) in [5.74, 6) is -1.03. The fraction of sp³-hybridized carbons (Fsp3) is 0.500. The standard InChI is InChI=1S/C14H21NO2S.Na/c1-4-5-10-15(11(2)14(16)17)12-6-8-13(18-3)9-7-12;/h6-9,11H,4-5,10H2,1-3H3,(H,16,17);/q;+1/p-1/t11-;/m0./s1. The quantitative estimate of drug-likeness (QED) is 0.485. The number of unbranched alkanes of at least 4 members (excludes halogenated alkanes) is 1. The number of rotatable bonds is 7. The molecule has 100 valence electrons. The second-order valence-electron chi connectivity index (χ2n) is 4.24. The molecule has 0 aliphatic rings. The minimum absolute atomic E-state index is 0. The third-order valence-electron chi connectivity index (χ3n) is 2.97. The van der Waals surface area contributed by atoms with Crippen molar-refractivity contribution in [3.63, 3.8) is 0 Å². The van der Waals surface area contributed by atoms with Gasteiger partial charge < -0.3 is 14.8 Å². The number of aliphatic carboxylic acids is 1. The van der Waals surface area contributed by atoms with Crippen molar-refractivity contribution in [2.24, 2.45) is 0 Å². The van der Waals surface area contributed by atoms with E-state index in [0.29, 0.717) is 0 Å². The minimum atomic E-state index is -1.03. The van der Waals surface area contributed by atoms with Crippen LogP contribution in [0.25, 0.3) is 0 Å². The Hall–Kier alpha value is -0.160. The van der Waals surface area contributed by atoms with Gasteiger partial charge in [-0.15, -0.1) is 11.8 Å². The molecule has 0 aliphatic carbocycles. The Labute approximate surface area is 142 Å². The zero-order valence-electron chi connectivity index (χ0n) is 12.2. The van der Waals surface area contributed by atoms with Crippen LogP contribution in [-0.4, -0.2) is 24.8 Å². The molecule has 3 nitrogen and oxygen atoms in total. The normalized spacial score (nSPS) is 11.5. The van der Waals surface area contributed by atoms with Crippen LogP contribution in [0.3, 0.4) is 0 Å². The number of nitrogens with zero attached hydrogens (tertiary/aromatic N) is 1. The summed E-state index contributed by atoms with van der Waals surface area (Å²) in [6.45, 7) is 4.51. The van der Waals surface area contributed by atoms with Gasteiger partial charge in [0, 0.05) is 17.1 Å². The molecule has 0 heterocycles. The predicted octanol–water partition coefficient (Wildman–Crippen LogP) is -0.843. The molecule has 1 aromatic rings. The number of benzene rings is 1. The topological polar surface area (TPSA) is 43.4 Å². The summed E-state index contributed by atoms with van der Waals surface area (Å²) < 4.78 is 0. The van der Waals surface area contributed by atoms with E-state index in [2.05, 4.69) is 6.92 Å². The van der Waals surface area contributed by atoms with Crippen molar-refractivity contribution in [3.8, 4) is 0 Å². The van der Waals surface area contributed by atoms with Gasteiger partial charge in [0.1, 0.15) is 0 Å². The maximum Gasteiger partial charge on any atom is 1.00 e. The zero-order chi connectivity index (χ0) is 13.5. The van der Waals surface area contributed by atoms with E-state index in [1.807, 2.05) is 35.4 Å². The van der Waals surface area contributed by atoms with Crippen molar-refractivity contribution in [1.82, 2.24) is 0 Å². The minimum Gasteiger partial charge on any atom is -0.548 e. The molecule has 0 spiro atoms. The summed E-state index contributed by atoms with van der Waals surface area (Å²) in [6.07, 6.45) is 4.04. The van der Waals surface area contributed by atoms with Crippen LogP contribution in [0.1, 0.15) is 26.7 Å². The number of hydrogen-bond acceptors (Lipinski definition) is 4. The Morgan fingerprint density at radius 2 is 1.95 bits per heavy atom. The van der Waals surface area contributed by atoms with E-state index >= 15 is 0 Å². The maximum atomic E-state index is 11.0. The van der Waals surface area contributed by atoms with Crippen LogP contribution >= 0.6 is 11.8 Å². The van der Waals surface area contributed by atoms with E-state index in [0.717, 1.165) is 25.1 Å². The van der Waals surface area contributed by atoms with Gasteiger partial charge in [0.05, 0.1) is 12.0 Å². The van der Waals surface area contributed by atoms with E-state index in [4.69, 9.17) is 0 Å². The monoisotopic (exact) mass is 289 g/mol. The summed E-state index contributed by atoms with van der Waals surface area (Å²) in [5, 5.41) is 11.0. The summed E-state index contributed by atoms with van der Waals surface area (Å²) in [5.41, 5.74) is 0.943. The number of hydrogen-bond donors (Lipinski definition) is 0. The first-order chi connectivity index (χ1) is 8.60. The first-order valence-electron chi connectivity index (χ1n) is 6.21. The molecule has 0 aliphatic heterocycles. The molecule has 0 saturated heterocycles. The van der Waals surface area contributed by atoms with Crippen molar-refractivity contribution in [3.05, 3.63) is 24.3 Å². The predicted molar refractivity (Wildman–Crippen MR) is 74.9 cm³/mol. The van der Waals surface area contributed by atoms with Gasteiger partial charge in [0.25, 0.3) is 0 Å². The third kappa shape index (κ3) is 5.78.